The van der Waals surface area contributed by atoms with Crippen LogP contribution in [-0.4, -0.2) is 43.3 Å². The maximum atomic E-state index is 6.11. The van der Waals surface area contributed by atoms with Crippen molar-refractivity contribution in [3.63, 3.8) is 0 Å². The largest absolute Gasteiger partial charge is 0.379 e. The molecule has 0 aliphatic carbocycles. The molecule has 0 radical (unpaired) electrons. The molecule has 2 unspecified atom stereocenters. The van der Waals surface area contributed by atoms with Crippen LogP contribution < -0.4 is 5.73 Å². The lowest BCUT2D eigenvalue weighted by Gasteiger charge is -2.37. The van der Waals surface area contributed by atoms with Crippen LogP contribution in [0.3, 0.4) is 0 Å². The average molecular weight is 228 g/mol. The minimum Gasteiger partial charge on any atom is -0.379 e. The van der Waals surface area contributed by atoms with Crippen molar-refractivity contribution >= 4 is 0 Å². The van der Waals surface area contributed by atoms with E-state index >= 15 is 0 Å². The van der Waals surface area contributed by atoms with E-state index in [9.17, 15) is 0 Å². The number of hydrogen-bond donors (Lipinski definition) is 1. The van der Waals surface area contributed by atoms with Crippen molar-refractivity contribution in [2.75, 3.05) is 26.7 Å². The van der Waals surface area contributed by atoms with Gasteiger partial charge in [0, 0.05) is 26.2 Å². The van der Waals surface area contributed by atoms with E-state index in [0.717, 1.165) is 32.5 Å². The third kappa shape index (κ3) is 4.04. The van der Waals surface area contributed by atoms with Gasteiger partial charge in [0.1, 0.15) is 0 Å². The standard InChI is InChI=1S/C13H28N2O/c1-5-11-10-15(8-6-12(11)14)9-7-13(2,3)16-4/h11-12H,5-10,14H2,1-4H3. The van der Waals surface area contributed by atoms with Crippen molar-refractivity contribution in [1.82, 2.24) is 4.90 Å². The summed E-state index contributed by atoms with van der Waals surface area (Å²) in [6, 6.07) is 0.414. The van der Waals surface area contributed by atoms with Crippen LogP contribution in [0.1, 0.15) is 40.0 Å². The highest BCUT2D eigenvalue weighted by Gasteiger charge is 2.26. The van der Waals surface area contributed by atoms with E-state index in [-0.39, 0.29) is 5.60 Å². The van der Waals surface area contributed by atoms with Crippen molar-refractivity contribution in [2.24, 2.45) is 11.7 Å². The molecule has 1 aliphatic rings. The monoisotopic (exact) mass is 228 g/mol. The van der Waals surface area contributed by atoms with Crippen LogP contribution in [0.2, 0.25) is 0 Å². The zero-order chi connectivity index (χ0) is 12.2. The quantitative estimate of drug-likeness (QED) is 0.780. The molecule has 0 aromatic rings. The Morgan fingerprint density at radius 3 is 2.69 bits per heavy atom. The summed E-state index contributed by atoms with van der Waals surface area (Å²) in [5, 5.41) is 0. The molecule has 0 aromatic carbocycles. The van der Waals surface area contributed by atoms with Gasteiger partial charge in [-0.05, 0) is 39.2 Å². The zero-order valence-corrected chi connectivity index (χ0v) is 11.3. The maximum Gasteiger partial charge on any atom is 0.0634 e. The summed E-state index contributed by atoms with van der Waals surface area (Å²) in [5.74, 6) is 0.680. The van der Waals surface area contributed by atoms with Gasteiger partial charge in [0.05, 0.1) is 5.60 Å². The summed E-state index contributed by atoms with van der Waals surface area (Å²) in [4.78, 5) is 2.54. The molecule has 0 saturated carbocycles. The second-order valence-corrected chi connectivity index (χ2v) is 5.64. The lowest BCUT2D eigenvalue weighted by atomic mass is 9.90. The van der Waals surface area contributed by atoms with Gasteiger partial charge in [-0.25, -0.2) is 0 Å². The van der Waals surface area contributed by atoms with Gasteiger partial charge in [0.25, 0.3) is 0 Å². The van der Waals surface area contributed by atoms with Crippen LogP contribution in [-0.2, 0) is 4.74 Å². The molecule has 2 atom stereocenters. The van der Waals surface area contributed by atoms with Crippen molar-refractivity contribution in [3.8, 4) is 0 Å². The average Bonchev–Trinajstić information content (AvgIpc) is 2.28. The van der Waals surface area contributed by atoms with Gasteiger partial charge in [-0.2, -0.15) is 0 Å². The molecule has 96 valence electrons. The molecule has 1 rings (SSSR count). The van der Waals surface area contributed by atoms with Gasteiger partial charge in [-0.15, -0.1) is 0 Å². The van der Waals surface area contributed by atoms with Gasteiger partial charge in [-0.1, -0.05) is 13.3 Å². The highest BCUT2D eigenvalue weighted by molar-refractivity contribution is 4.83. The molecular weight excluding hydrogens is 200 g/mol. The van der Waals surface area contributed by atoms with Crippen LogP contribution in [0.4, 0.5) is 0 Å². The number of ether oxygens (including phenoxy) is 1. The number of likely N-dealkylation sites (tertiary alicyclic amines) is 1. The Balaban J connectivity index is 2.33. The van der Waals surface area contributed by atoms with Crippen LogP contribution in [0, 0.1) is 5.92 Å². The van der Waals surface area contributed by atoms with Crippen molar-refractivity contribution in [2.45, 2.75) is 51.7 Å². The summed E-state index contributed by atoms with van der Waals surface area (Å²) < 4.78 is 5.45. The Kier molecular flexibility index (Phi) is 5.22. The summed E-state index contributed by atoms with van der Waals surface area (Å²) >= 11 is 0. The molecule has 16 heavy (non-hydrogen) atoms. The predicted octanol–water partition coefficient (Wildman–Crippen LogP) is 1.86. The van der Waals surface area contributed by atoms with Crippen molar-refractivity contribution in [3.05, 3.63) is 0 Å². The molecular formula is C13H28N2O. The molecule has 0 aromatic heterocycles. The molecule has 1 fully saturated rings. The summed E-state index contributed by atoms with van der Waals surface area (Å²) in [5.41, 5.74) is 6.11. The highest BCUT2D eigenvalue weighted by Crippen LogP contribution is 2.20. The molecule has 3 heteroatoms. The first kappa shape index (κ1) is 13.9. The molecule has 2 N–H and O–H groups in total. The first-order valence-corrected chi connectivity index (χ1v) is 6.51. The van der Waals surface area contributed by atoms with Gasteiger partial charge < -0.3 is 15.4 Å². The van der Waals surface area contributed by atoms with Crippen LogP contribution in [0.25, 0.3) is 0 Å². The highest BCUT2D eigenvalue weighted by atomic mass is 16.5. The molecule has 1 heterocycles. The van der Waals surface area contributed by atoms with Crippen molar-refractivity contribution < 1.29 is 4.74 Å². The third-order valence-corrected chi connectivity index (χ3v) is 3.98. The van der Waals surface area contributed by atoms with E-state index in [2.05, 4.69) is 25.7 Å². The number of nitrogens with zero attached hydrogens (tertiary/aromatic N) is 1. The predicted molar refractivity (Wildman–Crippen MR) is 68.5 cm³/mol. The fourth-order valence-corrected chi connectivity index (χ4v) is 2.29. The Labute approximate surface area is 100 Å². The van der Waals surface area contributed by atoms with Crippen molar-refractivity contribution in [1.29, 1.82) is 0 Å². The SMILES string of the molecule is CCC1CN(CCC(C)(C)OC)CCC1N. The van der Waals surface area contributed by atoms with E-state index in [1.54, 1.807) is 7.11 Å². The number of hydrogen-bond acceptors (Lipinski definition) is 3. The molecule has 1 saturated heterocycles. The second kappa shape index (κ2) is 5.99. The summed E-state index contributed by atoms with van der Waals surface area (Å²) in [6.07, 6.45) is 3.44. The Morgan fingerprint density at radius 2 is 2.12 bits per heavy atom. The van der Waals surface area contributed by atoms with Crippen LogP contribution in [0.5, 0.6) is 0 Å². The minimum absolute atomic E-state index is 0.00126. The Bertz CT molecular complexity index is 206. The summed E-state index contributed by atoms with van der Waals surface area (Å²) in [6.45, 7) is 9.99. The Hall–Kier alpha value is -0.120. The number of rotatable bonds is 5. The lowest BCUT2D eigenvalue weighted by molar-refractivity contribution is 0.00329. The van der Waals surface area contributed by atoms with E-state index in [1.807, 2.05) is 0 Å². The van der Waals surface area contributed by atoms with Crippen LogP contribution in [0.15, 0.2) is 0 Å². The number of methoxy groups -OCH3 is 1. The molecule has 3 nitrogen and oxygen atoms in total. The zero-order valence-electron chi connectivity index (χ0n) is 11.3. The minimum atomic E-state index is 0.00126. The van der Waals surface area contributed by atoms with Crippen LogP contribution >= 0.6 is 0 Å². The lowest BCUT2D eigenvalue weighted by Crippen LogP contribution is -2.47. The van der Waals surface area contributed by atoms with Gasteiger partial charge in [0.15, 0.2) is 0 Å². The normalized spacial score (nSPS) is 28.3. The molecule has 0 spiro atoms. The first-order valence-electron chi connectivity index (χ1n) is 6.51. The molecule has 0 amide bonds. The van der Waals surface area contributed by atoms with Gasteiger partial charge in [-0.3, -0.25) is 0 Å². The van der Waals surface area contributed by atoms with Gasteiger partial charge >= 0.3 is 0 Å². The second-order valence-electron chi connectivity index (χ2n) is 5.64. The smallest absolute Gasteiger partial charge is 0.0634 e. The fourth-order valence-electron chi connectivity index (χ4n) is 2.29. The number of nitrogens with two attached hydrogens (primary N) is 1. The fraction of sp³-hybridized carbons (Fsp3) is 1.00. The van der Waals surface area contributed by atoms with Gasteiger partial charge in [0.2, 0.25) is 0 Å². The Morgan fingerprint density at radius 1 is 1.44 bits per heavy atom. The molecule has 0 bridgehead atoms. The summed E-state index contributed by atoms with van der Waals surface area (Å²) in [7, 11) is 1.79. The van der Waals surface area contributed by atoms with E-state index in [4.69, 9.17) is 10.5 Å². The third-order valence-electron chi connectivity index (χ3n) is 3.98. The van der Waals surface area contributed by atoms with E-state index in [1.165, 1.54) is 6.42 Å². The topological polar surface area (TPSA) is 38.5 Å². The number of piperidine rings is 1. The van der Waals surface area contributed by atoms with E-state index in [0.29, 0.717) is 12.0 Å². The maximum absolute atomic E-state index is 6.11. The first-order chi connectivity index (χ1) is 7.48. The van der Waals surface area contributed by atoms with E-state index < -0.39 is 0 Å². The molecule has 1 aliphatic heterocycles.